The minimum atomic E-state index is -0.284. The maximum Gasteiger partial charge on any atom is 0.255 e. The molecule has 2 aromatic heterocycles. The molecule has 0 unspecified atom stereocenters. The number of carbonyl (C=O) groups is 2. The lowest BCUT2D eigenvalue weighted by Crippen LogP contribution is -2.39. The van der Waals surface area contributed by atoms with Gasteiger partial charge in [-0.2, -0.15) is 0 Å². The van der Waals surface area contributed by atoms with Crippen molar-refractivity contribution in [2.24, 2.45) is 0 Å². The van der Waals surface area contributed by atoms with Gasteiger partial charge in [-0.1, -0.05) is 0 Å². The number of H-pyrrole nitrogens is 1. The van der Waals surface area contributed by atoms with Crippen LogP contribution in [0.4, 0.5) is 5.95 Å². The maximum atomic E-state index is 12.5. The number of carbonyl (C=O) groups excluding carboxylic acids is 2. The van der Waals surface area contributed by atoms with Crippen LogP contribution in [0.5, 0.6) is 0 Å². The molecule has 30 heavy (non-hydrogen) atoms. The number of hydrogen-bond donors (Lipinski definition) is 2. The fourth-order valence-electron chi connectivity index (χ4n) is 3.20. The number of hydrogen-bond acceptors (Lipinski definition) is 7. The number of likely N-dealkylation sites (N-methyl/N-ethyl adjacent to an activating group) is 1. The van der Waals surface area contributed by atoms with E-state index in [1.807, 2.05) is 4.90 Å². The minimum absolute atomic E-state index is 0.0664. The topological polar surface area (TPSA) is 121 Å². The molecule has 10 nitrogen and oxygen atoms in total. The molecular weight excluding hydrogens is 390 g/mol. The van der Waals surface area contributed by atoms with Gasteiger partial charge in [0, 0.05) is 37.8 Å². The molecule has 0 radical (unpaired) electrons. The third-order valence-corrected chi connectivity index (χ3v) is 4.96. The predicted molar refractivity (Wildman–Crippen MR) is 109 cm³/mol. The Kier molecular flexibility index (Phi) is 7.23. The number of aryl methyl sites for hydroxylation is 1. The summed E-state index contributed by atoms with van der Waals surface area (Å²) in [6, 6.07) is 3.50. The van der Waals surface area contributed by atoms with Gasteiger partial charge in [0.2, 0.25) is 17.8 Å². The molecule has 2 amide bonds. The Labute approximate surface area is 174 Å². The van der Waals surface area contributed by atoms with E-state index >= 15 is 0 Å². The number of amides is 2. The zero-order valence-corrected chi connectivity index (χ0v) is 17.3. The highest BCUT2D eigenvalue weighted by atomic mass is 16.5. The summed E-state index contributed by atoms with van der Waals surface area (Å²) < 4.78 is 10.5. The molecule has 1 aliphatic rings. The van der Waals surface area contributed by atoms with Gasteiger partial charge in [0.25, 0.3) is 5.56 Å². The molecule has 1 saturated heterocycles. The number of nitrogens with zero attached hydrogens (tertiary/aromatic N) is 3. The summed E-state index contributed by atoms with van der Waals surface area (Å²) in [6.45, 7) is 4.51. The fraction of sp³-hybridized carbons (Fsp3) is 0.500. The number of nitrogens with one attached hydrogen (secondary N) is 2. The third kappa shape index (κ3) is 5.69. The molecule has 0 atom stereocenters. The molecule has 2 N–H and O–H groups in total. The molecule has 10 heteroatoms. The molecule has 3 rings (SSSR count). The van der Waals surface area contributed by atoms with Crippen LogP contribution in [0.15, 0.2) is 27.6 Å². The van der Waals surface area contributed by atoms with E-state index in [2.05, 4.69) is 15.3 Å². The Morgan fingerprint density at radius 3 is 2.77 bits per heavy atom. The number of furan rings is 1. The van der Waals surface area contributed by atoms with Crippen LogP contribution in [0, 0.1) is 6.92 Å². The summed E-state index contributed by atoms with van der Waals surface area (Å²) >= 11 is 0. The second kappa shape index (κ2) is 10.1. The van der Waals surface area contributed by atoms with E-state index in [1.165, 1.54) is 11.2 Å². The second-order valence-corrected chi connectivity index (χ2v) is 7.16. The van der Waals surface area contributed by atoms with E-state index in [-0.39, 0.29) is 43.3 Å². The summed E-state index contributed by atoms with van der Waals surface area (Å²) in [5.41, 5.74) is 0.846. The number of anilines is 1. The summed E-state index contributed by atoms with van der Waals surface area (Å²) in [4.78, 5) is 47.5. The lowest BCUT2D eigenvalue weighted by Gasteiger charge is -2.27. The van der Waals surface area contributed by atoms with Crippen molar-refractivity contribution < 1.29 is 18.7 Å². The summed E-state index contributed by atoms with van der Waals surface area (Å²) in [6.07, 6.45) is 1.91. The zero-order valence-electron chi connectivity index (χ0n) is 17.3. The average molecular weight is 417 g/mol. The first kappa shape index (κ1) is 21.6. The first-order valence-electron chi connectivity index (χ1n) is 9.89. The number of aromatic amines is 1. The summed E-state index contributed by atoms with van der Waals surface area (Å²) in [5, 5.41) is 2.70. The Morgan fingerprint density at radius 2 is 2.10 bits per heavy atom. The first-order chi connectivity index (χ1) is 14.4. The highest BCUT2D eigenvalue weighted by molar-refractivity contribution is 5.84. The van der Waals surface area contributed by atoms with Crippen LogP contribution in [0.2, 0.25) is 0 Å². The molecule has 162 valence electrons. The molecule has 0 saturated carbocycles. The lowest BCUT2D eigenvalue weighted by molar-refractivity contribution is -0.134. The van der Waals surface area contributed by atoms with Gasteiger partial charge in [-0.3, -0.25) is 19.4 Å². The van der Waals surface area contributed by atoms with Gasteiger partial charge in [0.05, 0.1) is 32.6 Å². The van der Waals surface area contributed by atoms with Gasteiger partial charge in [-0.15, -0.1) is 0 Å². The molecule has 0 aliphatic carbocycles. The molecule has 1 fully saturated rings. The van der Waals surface area contributed by atoms with Crippen LogP contribution in [0.3, 0.4) is 0 Å². The van der Waals surface area contributed by atoms with Crippen LogP contribution in [0.25, 0.3) is 0 Å². The van der Waals surface area contributed by atoms with E-state index in [9.17, 15) is 14.4 Å². The van der Waals surface area contributed by atoms with Gasteiger partial charge in [0.15, 0.2) is 0 Å². The quantitative estimate of drug-likeness (QED) is 0.630. The molecule has 0 aromatic carbocycles. The van der Waals surface area contributed by atoms with Crippen molar-refractivity contribution in [1.29, 1.82) is 0 Å². The number of ether oxygens (including phenoxy) is 1. The number of rotatable bonds is 8. The smallest absolute Gasteiger partial charge is 0.255 e. The third-order valence-electron chi connectivity index (χ3n) is 4.96. The summed E-state index contributed by atoms with van der Waals surface area (Å²) in [7, 11) is 1.56. The van der Waals surface area contributed by atoms with Gasteiger partial charge < -0.3 is 24.3 Å². The minimum Gasteiger partial charge on any atom is -0.467 e. The van der Waals surface area contributed by atoms with Crippen molar-refractivity contribution in [2.45, 2.75) is 26.3 Å². The molecule has 0 spiro atoms. The normalized spacial score (nSPS) is 13.9. The van der Waals surface area contributed by atoms with Crippen LogP contribution in [-0.2, 0) is 27.3 Å². The molecule has 2 aromatic rings. The van der Waals surface area contributed by atoms with Crippen molar-refractivity contribution in [3.05, 3.63) is 45.8 Å². The Balaban J connectivity index is 1.50. The van der Waals surface area contributed by atoms with Gasteiger partial charge in [-0.05, 0) is 25.5 Å². The van der Waals surface area contributed by atoms with Crippen LogP contribution < -0.4 is 15.8 Å². The lowest BCUT2D eigenvalue weighted by atomic mass is 10.1. The van der Waals surface area contributed by atoms with Crippen molar-refractivity contribution >= 4 is 17.8 Å². The van der Waals surface area contributed by atoms with Crippen LogP contribution in [0.1, 0.15) is 23.4 Å². The Hall–Kier alpha value is -3.14. The largest absolute Gasteiger partial charge is 0.467 e. The monoisotopic (exact) mass is 417 g/mol. The number of aromatic nitrogens is 2. The number of morpholine rings is 1. The molecular formula is C20H27N5O5. The van der Waals surface area contributed by atoms with Gasteiger partial charge in [-0.25, -0.2) is 4.98 Å². The van der Waals surface area contributed by atoms with Crippen molar-refractivity contribution in [3.8, 4) is 0 Å². The SMILES string of the molecule is Cc1nc(N2CCOCC2)[nH]c(=O)c1CCC(=O)N(C)CC(=O)NCc1ccco1. The fourth-order valence-corrected chi connectivity index (χ4v) is 3.20. The first-order valence-corrected chi connectivity index (χ1v) is 9.89. The van der Waals surface area contributed by atoms with Crippen LogP contribution in [-0.4, -0.2) is 66.6 Å². The van der Waals surface area contributed by atoms with E-state index in [1.54, 1.807) is 26.1 Å². The predicted octanol–water partition coefficient (Wildman–Crippen LogP) is 0.215. The van der Waals surface area contributed by atoms with E-state index in [0.717, 1.165) is 0 Å². The molecule has 1 aliphatic heterocycles. The summed E-state index contributed by atoms with van der Waals surface area (Å²) in [5.74, 6) is 0.660. The second-order valence-electron chi connectivity index (χ2n) is 7.16. The maximum absolute atomic E-state index is 12.5. The van der Waals surface area contributed by atoms with Gasteiger partial charge >= 0.3 is 0 Å². The molecule has 3 heterocycles. The Morgan fingerprint density at radius 1 is 1.33 bits per heavy atom. The van der Waals surface area contributed by atoms with Crippen molar-refractivity contribution in [2.75, 3.05) is 44.8 Å². The Bertz CT molecular complexity index is 918. The van der Waals surface area contributed by atoms with Crippen molar-refractivity contribution in [3.63, 3.8) is 0 Å². The molecule has 0 bridgehead atoms. The van der Waals surface area contributed by atoms with E-state index in [4.69, 9.17) is 9.15 Å². The highest BCUT2D eigenvalue weighted by Gasteiger charge is 2.18. The van der Waals surface area contributed by atoms with Crippen LogP contribution >= 0.6 is 0 Å². The van der Waals surface area contributed by atoms with E-state index in [0.29, 0.717) is 49.3 Å². The standard InChI is InChI=1S/C20H27N5O5/c1-14-16(19(28)23-20(22-14)25-7-10-29-11-8-25)5-6-18(27)24(2)13-17(26)21-12-15-4-3-9-30-15/h3-4,9H,5-8,10-13H2,1-2H3,(H,21,26)(H,22,23,28). The highest BCUT2D eigenvalue weighted by Crippen LogP contribution is 2.11. The van der Waals surface area contributed by atoms with Gasteiger partial charge in [0.1, 0.15) is 5.76 Å². The average Bonchev–Trinajstić information content (AvgIpc) is 3.25. The van der Waals surface area contributed by atoms with Crippen molar-refractivity contribution in [1.82, 2.24) is 20.2 Å². The van der Waals surface area contributed by atoms with E-state index < -0.39 is 0 Å². The zero-order chi connectivity index (χ0) is 21.5.